The molecule has 2 N–H and O–H groups in total. The van der Waals surface area contributed by atoms with Crippen LogP contribution in [0.3, 0.4) is 0 Å². The van der Waals surface area contributed by atoms with Crippen molar-refractivity contribution in [1.82, 2.24) is 14.7 Å². The van der Waals surface area contributed by atoms with Crippen LogP contribution in [-0.4, -0.2) is 33.3 Å². The first-order chi connectivity index (χ1) is 7.08. The van der Waals surface area contributed by atoms with Gasteiger partial charge in [-0.15, -0.1) is 0 Å². The summed E-state index contributed by atoms with van der Waals surface area (Å²) in [6, 6.07) is 1.84. The van der Waals surface area contributed by atoms with Crippen LogP contribution in [0, 0.1) is 0 Å². The normalized spacial score (nSPS) is 20.9. The van der Waals surface area contributed by atoms with Gasteiger partial charge in [-0.2, -0.15) is 5.10 Å². The molecule has 1 aliphatic rings. The molecular weight excluding hydrogens is 188 g/mol. The lowest BCUT2D eigenvalue weighted by Gasteiger charge is -2.31. The number of anilines is 1. The van der Waals surface area contributed by atoms with Gasteiger partial charge in [0, 0.05) is 18.3 Å². The number of hydrogen-bond acceptors (Lipinski definition) is 3. The van der Waals surface area contributed by atoms with Crippen molar-refractivity contribution in [2.45, 2.75) is 38.8 Å². The summed E-state index contributed by atoms with van der Waals surface area (Å²) in [6.45, 7) is 7.84. The van der Waals surface area contributed by atoms with Crippen LogP contribution >= 0.6 is 0 Å². The molecule has 1 aliphatic heterocycles. The quantitative estimate of drug-likeness (QED) is 0.815. The number of hydrogen-bond donors (Lipinski definition) is 1. The summed E-state index contributed by atoms with van der Waals surface area (Å²) in [7, 11) is 0. The molecule has 1 aromatic heterocycles. The zero-order chi connectivity index (χ0) is 10.9. The van der Waals surface area contributed by atoms with Gasteiger partial charge in [-0.25, -0.2) is 0 Å². The average Bonchev–Trinajstić information content (AvgIpc) is 2.69. The molecule has 15 heavy (non-hydrogen) atoms. The molecule has 84 valence electrons. The Morgan fingerprint density at radius 3 is 2.80 bits per heavy atom. The van der Waals surface area contributed by atoms with Crippen LogP contribution in [0.5, 0.6) is 0 Å². The standard InChI is InChI=1S/C11H20N4/c1-11(2)5-3-6-14(11)8-9-15-7-4-10(12)13-15/h4,7H,3,5-6,8-9H2,1-2H3,(H2,12,13). The maximum atomic E-state index is 5.57. The van der Waals surface area contributed by atoms with E-state index in [2.05, 4.69) is 23.8 Å². The fourth-order valence-corrected chi connectivity index (χ4v) is 2.30. The lowest BCUT2D eigenvalue weighted by atomic mass is 10.0. The van der Waals surface area contributed by atoms with Crippen molar-refractivity contribution in [2.75, 3.05) is 18.8 Å². The second-order valence-electron chi connectivity index (χ2n) is 4.91. The first-order valence-electron chi connectivity index (χ1n) is 5.62. The maximum Gasteiger partial charge on any atom is 0.145 e. The Bertz CT molecular complexity index is 329. The van der Waals surface area contributed by atoms with E-state index < -0.39 is 0 Å². The molecule has 0 unspecified atom stereocenters. The molecule has 4 heteroatoms. The summed E-state index contributed by atoms with van der Waals surface area (Å²) in [5.74, 6) is 0.607. The molecule has 0 amide bonds. The van der Waals surface area contributed by atoms with Crippen molar-refractivity contribution < 1.29 is 0 Å². The fraction of sp³-hybridized carbons (Fsp3) is 0.727. The topological polar surface area (TPSA) is 47.1 Å². The van der Waals surface area contributed by atoms with Gasteiger partial charge in [-0.1, -0.05) is 0 Å². The summed E-state index contributed by atoms with van der Waals surface area (Å²) in [5.41, 5.74) is 5.93. The lowest BCUT2D eigenvalue weighted by Crippen LogP contribution is -2.40. The molecule has 0 radical (unpaired) electrons. The van der Waals surface area contributed by atoms with Gasteiger partial charge in [0.05, 0.1) is 6.54 Å². The monoisotopic (exact) mass is 208 g/mol. The highest BCUT2D eigenvalue weighted by atomic mass is 15.3. The Balaban J connectivity index is 1.88. The zero-order valence-electron chi connectivity index (χ0n) is 9.61. The van der Waals surface area contributed by atoms with E-state index in [1.807, 2.05) is 16.9 Å². The summed E-state index contributed by atoms with van der Waals surface area (Å²) >= 11 is 0. The van der Waals surface area contributed by atoms with Crippen molar-refractivity contribution in [1.29, 1.82) is 0 Å². The predicted molar refractivity (Wildman–Crippen MR) is 61.5 cm³/mol. The summed E-state index contributed by atoms with van der Waals surface area (Å²) in [5, 5.41) is 4.19. The van der Waals surface area contributed by atoms with Crippen molar-refractivity contribution in [2.24, 2.45) is 0 Å². The van der Waals surface area contributed by atoms with E-state index in [4.69, 9.17) is 5.73 Å². The Hall–Kier alpha value is -1.03. The Morgan fingerprint density at radius 1 is 1.47 bits per heavy atom. The minimum Gasteiger partial charge on any atom is -0.382 e. The van der Waals surface area contributed by atoms with Crippen molar-refractivity contribution in [3.8, 4) is 0 Å². The lowest BCUT2D eigenvalue weighted by molar-refractivity contribution is 0.166. The molecule has 0 atom stereocenters. The second-order valence-corrected chi connectivity index (χ2v) is 4.91. The fourth-order valence-electron chi connectivity index (χ4n) is 2.30. The molecular formula is C11H20N4. The Labute approximate surface area is 91.1 Å². The first kappa shape index (κ1) is 10.5. The third-order valence-electron chi connectivity index (χ3n) is 3.33. The SMILES string of the molecule is CC1(C)CCCN1CCn1ccc(N)n1. The minimum atomic E-state index is 0.360. The number of rotatable bonds is 3. The van der Waals surface area contributed by atoms with Crippen molar-refractivity contribution in [3.63, 3.8) is 0 Å². The maximum absolute atomic E-state index is 5.57. The molecule has 0 spiro atoms. The van der Waals surface area contributed by atoms with Gasteiger partial charge in [0.2, 0.25) is 0 Å². The van der Waals surface area contributed by atoms with Gasteiger partial charge >= 0.3 is 0 Å². The van der Waals surface area contributed by atoms with Gasteiger partial charge in [-0.05, 0) is 39.3 Å². The van der Waals surface area contributed by atoms with E-state index in [1.165, 1.54) is 19.4 Å². The van der Waals surface area contributed by atoms with E-state index in [-0.39, 0.29) is 0 Å². The van der Waals surface area contributed by atoms with Crippen molar-refractivity contribution >= 4 is 5.82 Å². The van der Waals surface area contributed by atoms with E-state index in [1.54, 1.807) is 0 Å². The van der Waals surface area contributed by atoms with E-state index in [0.717, 1.165) is 13.1 Å². The zero-order valence-corrected chi connectivity index (χ0v) is 9.61. The molecule has 1 fully saturated rings. The second kappa shape index (κ2) is 3.85. The van der Waals surface area contributed by atoms with Crippen LogP contribution in [0.2, 0.25) is 0 Å². The first-order valence-corrected chi connectivity index (χ1v) is 5.62. The van der Waals surface area contributed by atoms with Crippen LogP contribution < -0.4 is 5.73 Å². The number of nitrogens with two attached hydrogens (primary N) is 1. The van der Waals surface area contributed by atoms with Crippen LogP contribution in [0.15, 0.2) is 12.3 Å². The van der Waals surface area contributed by atoms with Crippen LogP contribution in [-0.2, 0) is 6.54 Å². The van der Waals surface area contributed by atoms with E-state index >= 15 is 0 Å². The molecule has 0 bridgehead atoms. The molecule has 0 aliphatic carbocycles. The molecule has 1 aromatic rings. The molecule has 0 saturated carbocycles. The minimum absolute atomic E-state index is 0.360. The largest absolute Gasteiger partial charge is 0.382 e. The van der Waals surface area contributed by atoms with E-state index in [9.17, 15) is 0 Å². The van der Waals surface area contributed by atoms with Gasteiger partial charge in [0.15, 0.2) is 0 Å². The molecule has 2 heterocycles. The molecule has 4 nitrogen and oxygen atoms in total. The smallest absolute Gasteiger partial charge is 0.145 e. The summed E-state index contributed by atoms with van der Waals surface area (Å²) in [6.07, 6.45) is 4.56. The number of aromatic nitrogens is 2. The van der Waals surface area contributed by atoms with Crippen LogP contribution in [0.1, 0.15) is 26.7 Å². The van der Waals surface area contributed by atoms with E-state index in [0.29, 0.717) is 11.4 Å². The molecule has 1 saturated heterocycles. The number of likely N-dealkylation sites (tertiary alicyclic amines) is 1. The summed E-state index contributed by atoms with van der Waals surface area (Å²) < 4.78 is 1.92. The van der Waals surface area contributed by atoms with Gasteiger partial charge in [-0.3, -0.25) is 9.58 Å². The highest BCUT2D eigenvalue weighted by Gasteiger charge is 2.31. The highest BCUT2D eigenvalue weighted by Crippen LogP contribution is 2.27. The third-order valence-corrected chi connectivity index (χ3v) is 3.33. The summed E-state index contributed by atoms with van der Waals surface area (Å²) in [4.78, 5) is 2.53. The Morgan fingerprint density at radius 2 is 2.27 bits per heavy atom. The van der Waals surface area contributed by atoms with Gasteiger partial charge in [0.1, 0.15) is 5.82 Å². The predicted octanol–water partition coefficient (Wildman–Crippen LogP) is 1.34. The highest BCUT2D eigenvalue weighted by molar-refractivity contribution is 5.23. The van der Waals surface area contributed by atoms with Crippen LogP contribution in [0.25, 0.3) is 0 Å². The third kappa shape index (κ3) is 2.31. The van der Waals surface area contributed by atoms with Gasteiger partial charge in [0.25, 0.3) is 0 Å². The number of nitrogens with zero attached hydrogens (tertiary/aromatic N) is 3. The Kier molecular flexibility index (Phi) is 2.69. The van der Waals surface area contributed by atoms with Gasteiger partial charge < -0.3 is 5.73 Å². The number of nitrogen functional groups attached to an aromatic ring is 1. The molecule has 2 rings (SSSR count). The molecule has 0 aromatic carbocycles. The average molecular weight is 208 g/mol. The van der Waals surface area contributed by atoms with Crippen LogP contribution in [0.4, 0.5) is 5.82 Å². The van der Waals surface area contributed by atoms with Crippen molar-refractivity contribution in [3.05, 3.63) is 12.3 Å².